The third-order valence-electron chi connectivity index (χ3n) is 4.13. The van der Waals surface area contributed by atoms with Gasteiger partial charge in [-0.3, -0.25) is 4.57 Å². The van der Waals surface area contributed by atoms with Gasteiger partial charge >= 0.3 is 0 Å². The second kappa shape index (κ2) is 8.79. The van der Waals surface area contributed by atoms with E-state index in [-0.39, 0.29) is 6.10 Å². The van der Waals surface area contributed by atoms with Crippen LogP contribution in [0.5, 0.6) is 11.5 Å². The van der Waals surface area contributed by atoms with E-state index in [2.05, 4.69) is 0 Å². The Morgan fingerprint density at radius 1 is 1.00 bits per heavy atom. The van der Waals surface area contributed by atoms with Crippen molar-refractivity contribution < 1.29 is 23.7 Å². The molecule has 6 nitrogen and oxygen atoms in total. The summed E-state index contributed by atoms with van der Waals surface area (Å²) in [7, 11) is 3.25. The maximum atomic E-state index is 13.9. The molecule has 0 fully saturated rings. The maximum Gasteiger partial charge on any atom is 0.264 e. The van der Waals surface area contributed by atoms with Crippen molar-refractivity contribution >= 4 is 18.4 Å². The van der Waals surface area contributed by atoms with Crippen LogP contribution in [0.15, 0.2) is 42.5 Å². The first-order valence-electron chi connectivity index (χ1n) is 8.69. The standard InChI is InChI=1S/C20H28NO5P/c1-14(2)26-27(23,17-10-7-15(8-11-17)21(3)4)20(22)18-12-9-16(24-5)13-19(18)25-6/h7-14,20,22H,1-6H3/t20-,27+/m0/s1. The van der Waals surface area contributed by atoms with Gasteiger partial charge in [-0.25, -0.2) is 0 Å². The molecule has 2 atom stereocenters. The third-order valence-corrected chi connectivity index (χ3v) is 6.81. The van der Waals surface area contributed by atoms with Crippen LogP contribution in [0.4, 0.5) is 5.69 Å². The maximum absolute atomic E-state index is 13.9. The van der Waals surface area contributed by atoms with Gasteiger partial charge in [-0.05, 0) is 50.2 Å². The fourth-order valence-corrected chi connectivity index (χ4v) is 5.04. The van der Waals surface area contributed by atoms with Crippen LogP contribution in [0.1, 0.15) is 25.3 Å². The summed E-state index contributed by atoms with van der Waals surface area (Å²) in [4.78, 5) is 1.95. The zero-order valence-electron chi connectivity index (χ0n) is 16.7. The van der Waals surface area contributed by atoms with E-state index in [9.17, 15) is 9.67 Å². The molecule has 0 aromatic heterocycles. The van der Waals surface area contributed by atoms with Crippen molar-refractivity contribution in [1.29, 1.82) is 0 Å². The summed E-state index contributed by atoms with van der Waals surface area (Å²) >= 11 is 0. The molecule has 2 aromatic rings. The van der Waals surface area contributed by atoms with Gasteiger partial charge in [0.05, 0.1) is 20.3 Å². The first-order valence-corrected chi connectivity index (χ1v) is 10.4. The second-order valence-electron chi connectivity index (χ2n) is 6.64. The van der Waals surface area contributed by atoms with E-state index in [0.29, 0.717) is 22.4 Å². The molecular weight excluding hydrogens is 365 g/mol. The van der Waals surface area contributed by atoms with Crippen LogP contribution in [0, 0.1) is 0 Å². The van der Waals surface area contributed by atoms with E-state index < -0.39 is 13.2 Å². The van der Waals surface area contributed by atoms with E-state index in [1.807, 2.05) is 31.1 Å². The Balaban J connectivity index is 2.53. The van der Waals surface area contributed by atoms with Gasteiger partial charge in [0.25, 0.3) is 7.37 Å². The molecule has 0 spiro atoms. The minimum Gasteiger partial charge on any atom is -0.497 e. The minimum atomic E-state index is -3.64. The molecule has 7 heteroatoms. The number of hydrogen-bond acceptors (Lipinski definition) is 6. The van der Waals surface area contributed by atoms with Crippen molar-refractivity contribution in [2.45, 2.75) is 25.8 Å². The number of methoxy groups -OCH3 is 2. The highest BCUT2D eigenvalue weighted by Crippen LogP contribution is 2.60. The van der Waals surface area contributed by atoms with E-state index in [1.54, 1.807) is 51.3 Å². The van der Waals surface area contributed by atoms with Crippen molar-refractivity contribution in [1.82, 2.24) is 0 Å². The van der Waals surface area contributed by atoms with Crippen molar-refractivity contribution in [3.63, 3.8) is 0 Å². The molecule has 0 saturated carbocycles. The molecule has 2 rings (SSSR count). The highest BCUT2D eigenvalue weighted by molar-refractivity contribution is 7.67. The van der Waals surface area contributed by atoms with Crippen LogP contribution in [0.25, 0.3) is 0 Å². The summed E-state index contributed by atoms with van der Waals surface area (Å²) < 4.78 is 30.2. The Labute approximate surface area is 161 Å². The normalized spacial score (nSPS) is 14.5. The van der Waals surface area contributed by atoms with Crippen molar-refractivity contribution in [3.05, 3.63) is 48.0 Å². The lowest BCUT2D eigenvalue weighted by molar-refractivity contribution is 0.186. The molecule has 0 saturated heterocycles. The number of rotatable bonds is 8. The van der Waals surface area contributed by atoms with Crippen LogP contribution < -0.4 is 19.7 Å². The lowest BCUT2D eigenvalue weighted by Gasteiger charge is -2.27. The van der Waals surface area contributed by atoms with Gasteiger partial charge in [-0.15, -0.1) is 0 Å². The second-order valence-corrected chi connectivity index (χ2v) is 9.05. The summed E-state index contributed by atoms with van der Waals surface area (Å²) in [5.74, 6) is -0.400. The molecule has 27 heavy (non-hydrogen) atoms. The van der Waals surface area contributed by atoms with Crippen molar-refractivity contribution in [2.75, 3.05) is 33.2 Å². The molecule has 0 aliphatic heterocycles. The predicted octanol–water partition coefficient (Wildman–Crippen LogP) is 3.79. The first kappa shape index (κ1) is 21.3. The molecule has 1 N–H and O–H groups in total. The molecule has 2 aromatic carbocycles. The van der Waals surface area contributed by atoms with Crippen LogP contribution in [-0.2, 0) is 9.09 Å². The van der Waals surface area contributed by atoms with Crippen LogP contribution >= 0.6 is 7.37 Å². The molecule has 148 valence electrons. The monoisotopic (exact) mass is 393 g/mol. The molecule has 0 bridgehead atoms. The lowest BCUT2D eigenvalue weighted by atomic mass is 10.2. The number of ether oxygens (including phenoxy) is 2. The number of anilines is 1. The summed E-state index contributed by atoms with van der Waals surface area (Å²) in [6.07, 6.45) is -0.330. The minimum absolute atomic E-state index is 0.330. The molecule has 0 aliphatic carbocycles. The van der Waals surface area contributed by atoms with Crippen LogP contribution in [0.3, 0.4) is 0 Å². The number of aliphatic hydroxyl groups is 1. The smallest absolute Gasteiger partial charge is 0.264 e. The summed E-state index contributed by atoms with van der Waals surface area (Å²) in [6.45, 7) is 3.58. The average Bonchev–Trinajstić information content (AvgIpc) is 2.66. The number of nitrogens with zero attached hydrogens (tertiary/aromatic N) is 1. The Kier molecular flexibility index (Phi) is 6.93. The van der Waals surface area contributed by atoms with Gasteiger partial charge in [0.1, 0.15) is 11.5 Å². The predicted molar refractivity (Wildman–Crippen MR) is 109 cm³/mol. The molecule has 0 unspecified atom stereocenters. The number of benzene rings is 2. The van der Waals surface area contributed by atoms with Gasteiger partial charge in [0, 0.05) is 36.7 Å². The molecular formula is C20H28NO5P. The Hall–Kier alpha value is -2.01. The topological polar surface area (TPSA) is 68.2 Å². The van der Waals surface area contributed by atoms with E-state index in [4.69, 9.17) is 14.0 Å². The molecule has 0 aliphatic rings. The zero-order chi connectivity index (χ0) is 20.2. The highest BCUT2D eigenvalue weighted by atomic mass is 31.2. The molecule has 0 radical (unpaired) electrons. The van der Waals surface area contributed by atoms with Crippen LogP contribution in [0.2, 0.25) is 0 Å². The van der Waals surface area contributed by atoms with Gasteiger partial charge in [-0.1, -0.05) is 0 Å². The number of hydrogen-bond donors (Lipinski definition) is 1. The first-order chi connectivity index (χ1) is 12.7. The van der Waals surface area contributed by atoms with Gasteiger partial charge in [0.15, 0.2) is 5.85 Å². The van der Waals surface area contributed by atoms with Gasteiger partial charge in [-0.2, -0.15) is 0 Å². The molecule has 0 heterocycles. The van der Waals surface area contributed by atoms with Crippen molar-refractivity contribution in [2.24, 2.45) is 0 Å². The Bertz CT molecular complexity index is 805. The zero-order valence-corrected chi connectivity index (χ0v) is 17.6. The quantitative estimate of drug-likeness (QED) is 0.689. The summed E-state index contributed by atoms with van der Waals surface area (Å²) in [5, 5.41) is 11.5. The van der Waals surface area contributed by atoms with Gasteiger partial charge in [0.2, 0.25) is 0 Å². The SMILES string of the molecule is COc1ccc([C@@H](O)[P@](=O)(OC(C)C)c2ccc(N(C)C)cc2)c(OC)c1. The van der Waals surface area contributed by atoms with Crippen molar-refractivity contribution in [3.8, 4) is 11.5 Å². The van der Waals surface area contributed by atoms with Crippen LogP contribution in [-0.4, -0.2) is 39.5 Å². The fourth-order valence-electron chi connectivity index (χ4n) is 2.75. The third kappa shape index (κ3) is 4.64. The molecule has 0 amide bonds. The lowest BCUT2D eigenvalue weighted by Crippen LogP contribution is -2.18. The van der Waals surface area contributed by atoms with E-state index in [1.165, 1.54) is 7.11 Å². The Morgan fingerprint density at radius 3 is 2.11 bits per heavy atom. The largest absolute Gasteiger partial charge is 0.497 e. The Morgan fingerprint density at radius 2 is 1.63 bits per heavy atom. The average molecular weight is 393 g/mol. The van der Waals surface area contributed by atoms with E-state index >= 15 is 0 Å². The summed E-state index contributed by atoms with van der Waals surface area (Å²) in [5.41, 5.74) is 1.35. The fraction of sp³-hybridized carbons (Fsp3) is 0.400. The summed E-state index contributed by atoms with van der Waals surface area (Å²) in [6, 6.07) is 12.2. The van der Waals surface area contributed by atoms with Gasteiger partial charge < -0.3 is 24.0 Å². The van der Waals surface area contributed by atoms with E-state index in [0.717, 1.165) is 5.69 Å². The number of aliphatic hydroxyl groups excluding tert-OH is 1. The highest BCUT2D eigenvalue weighted by Gasteiger charge is 2.39.